The lowest BCUT2D eigenvalue weighted by Crippen LogP contribution is -1.97. The Morgan fingerprint density at radius 2 is 2.05 bits per heavy atom. The Balaban J connectivity index is 2.09. The Labute approximate surface area is 116 Å². The summed E-state index contributed by atoms with van der Waals surface area (Å²) in [6.45, 7) is 1.89. The van der Waals surface area contributed by atoms with Crippen molar-refractivity contribution in [3.8, 4) is 17.8 Å². The maximum absolute atomic E-state index is 9.23. The second-order valence-electron chi connectivity index (χ2n) is 4.49. The predicted octanol–water partition coefficient (Wildman–Crippen LogP) is 2.94. The minimum atomic E-state index is 0.392. The van der Waals surface area contributed by atoms with Crippen LogP contribution in [0.5, 0.6) is 11.8 Å². The molecule has 0 N–H and O–H groups in total. The van der Waals surface area contributed by atoms with Crippen LogP contribution in [-0.4, -0.2) is 14.8 Å². The second kappa shape index (κ2) is 4.67. The normalized spacial score (nSPS) is 10.4. The van der Waals surface area contributed by atoms with Gasteiger partial charge in [-0.2, -0.15) is 10.4 Å². The first-order valence-corrected chi connectivity index (χ1v) is 6.16. The molecule has 0 bridgehead atoms. The molecule has 0 saturated heterocycles. The number of aryl methyl sites for hydroxylation is 2. The second-order valence-corrected chi connectivity index (χ2v) is 4.49. The molecule has 0 aliphatic rings. The van der Waals surface area contributed by atoms with E-state index < -0.39 is 0 Å². The van der Waals surface area contributed by atoms with E-state index in [0.29, 0.717) is 17.3 Å². The molecule has 5 heteroatoms. The smallest absolute Gasteiger partial charge is 0.223 e. The van der Waals surface area contributed by atoms with E-state index in [4.69, 9.17) is 4.74 Å². The minimum absolute atomic E-state index is 0.392. The summed E-state index contributed by atoms with van der Waals surface area (Å²) in [7, 11) is 1.80. The molecule has 3 aromatic rings. The highest BCUT2D eigenvalue weighted by atomic mass is 16.5. The molecule has 2 aromatic heterocycles. The van der Waals surface area contributed by atoms with Gasteiger partial charge in [0.05, 0.1) is 16.8 Å². The average Bonchev–Trinajstić information content (AvgIpc) is 2.76. The molecule has 20 heavy (non-hydrogen) atoms. The third-order valence-electron chi connectivity index (χ3n) is 2.98. The first-order valence-electron chi connectivity index (χ1n) is 6.16. The van der Waals surface area contributed by atoms with Crippen LogP contribution in [0, 0.1) is 18.3 Å². The van der Waals surface area contributed by atoms with Gasteiger partial charge in [0, 0.05) is 24.6 Å². The molecule has 1 aromatic carbocycles. The van der Waals surface area contributed by atoms with Crippen LogP contribution < -0.4 is 4.74 Å². The summed E-state index contributed by atoms with van der Waals surface area (Å²) in [5.74, 6) is 0.984. The number of rotatable bonds is 2. The van der Waals surface area contributed by atoms with Crippen molar-refractivity contribution in [3.63, 3.8) is 0 Å². The SMILES string of the molecule is Cc1cc(Oc2cc(C#N)c3ccccc3n2)n(C)n1. The Bertz CT molecular complexity index is 829. The summed E-state index contributed by atoms with van der Waals surface area (Å²) in [6.07, 6.45) is 0. The third kappa shape index (κ3) is 2.08. The van der Waals surface area contributed by atoms with Crippen molar-refractivity contribution >= 4 is 10.9 Å². The lowest BCUT2D eigenvalue weighted by Gasteiger charge is -2.06. The van der Waals surface area contributed by atoms with Crippen molar-refractivity contribution in [1.29, 1.82) is 5.26 Å². The fraction of sp³-hybridized carbons (Fsp3) is 0.133. The molecule has 0 aliphatic carbocycles. The standard InChI is InChI=1S/C15H12N4O/c1-10-7-15(19(2)18-10)20-14-8-11(9-16)12-5-3-4-6-13(12)17-14/h3-8H,1-2H3. The number of nitriles is 1. The summed E-state index contributed by atoms with van der Waals surface area (Å²) >= 11 is 0. The topological polar surface area (TPSA) is 63.7 Å². The van der Waals surface area contributed by atoms with E-state index >= 15 is 0 Å². The van der Waals surface area contributed by atoms with Gasteiger partial charge in [0.25, 0.3) is 0 Å². The summed E-state index contributed by atoms with van der Waals surface area (Å²) in [5, 5.41) is 14.3. The van der Waals surface area contributed by atoms with Crippen molar-refractivity contribution in [3.05, 3.63) is 47.7 Å². The fourth-order valence-electron chi connectivity index (χ4n) is 2.09. The summed E-state index contributed by atoms with van der Waals surface area (Å²) in [6, 6.07) is 13.1. The largest absolute Gasteiger partial charge is 0.421 e. The molecular formula is C15H12N4O. The lowest BCUT2D eigenvalue weighted by atomic mass is 10.1. The summed E-state index contributed by atoms with van der Waals surface area (Å²) in [4.78, 5) is 4.42. The van der Waals surface area contributed by atoms with Crippen LogP contribution in [0.1, 0.15) is 11.3 Å². The van der Waals surface area contributed by atoms with Crippen LogP contribution in [0.25, 0.3) is 10.9 Å². The number of nitrogens with zero attached hydrogens (tertiary/aromatic N) is 4. The number of ether oxygens (including phenoxy) is 1. The lowest BCUT2D eigenvalue weighted by molar-refractivity contribution is 0.417. The highest BCUT2D eigenvalue weighted by Gasteiger charge is 2.09. The third-order valence-corrected chi connectivity index (χ3v) is 2.98. The molecule has 2 heterocycles. The van der Waals surface area contributed by atoms with E-state index in [2.05, 4.69) is 16.2 Å². The van der Waals surface area contributed by atoms with Gasteiger partial charge in [0.2, 0.25) is 11.8 Å². The van der Waals surface area contributed by atoms with Crippen LogP contribution in [-0.2, 0) is 7.05 Å². The molecule has 0 spiro atoms. The number of hydrogen-bond donors (Lipinski definition) is 0. The zero-order valence-electron chi connectivity index (χ0n) is 11.2. The zero-order valence-corrected chi connectivity index (χ0v) is 11.2. The number of pyridine rings is 1. The quantitative estimate of drug-likeness (QED) is 0.713. The Morgan fingerprint density at radius 1 is 1.25 bits per heavy atom. The van der Waals surface area contributed by atoms with Crippen LogP contribution >= 0.6 is 0 Å². The number of hydrogen-bond acceptors (Lipinski definition) is 4. The molecule has 5 nitrogen and oxygen atoms in total. The number of aromatic nitrogens is 3. The van der Waals surface area contributed by atoms with E-state index in [1.165, 1.54) is 0 Å². The number of benzene rings is 1. The highest BCUT2D eigenvalue weighted by Crippen LogP contribution is 2.25. The van der Waals surface area contributed by atoms with Gasteiger partial charge in [-0.25, -0.2) is 9.67 Å². The molecular weight excluding hydrogens is 252 g/mol. The summed E-state index contributed by atoms with van der Waals surface area (Å²) in [5.41, 5.74) is 2.15. The molecule has 98 valence electrons. The van der Waals surface area contributed by atoms with Crippen molar-refractivity contribution in [2.24, 2.45) is 7.05 Å². The highest BCUT2D eigenvalue weighted by molar-refractivity contribution is 5.85. The van der Waals surface area contributed by atoms with Gasteiger partial charge in [-0.05, 0) is 13.0 Å². The fourth-order valence-corrected chi connectivity index (χ4v) is 2.09. The maximum atomic E-state index is 9.23. The molecule has 0 aliphatic heterocycles. The maximum Gasteiger partial charge on any atom is 0.223 e. The monoisotopic (exact) mass is 264 g/mol. The van der Waals surface area contributed by atoms with Gasteiger partial charge >= 0.3 is 0 Å². The predicted molar refractivity (Wildman–Crippen MR) is 74.5 cm³/mol. The Hall–Kier alpha value is -2.87. The first kappa shape index (κ1) is 12.2. The zero-order chi connectivity index (χ0) is 14.1. The van der Waals surface area contributed by atoms with E-state index in [0.717, 1.165) is 16.6 Å². The molecule has 0 unspecified atom stereocenters. The number of fused-ring (bicyclic) bond motifs is 1. The number of para-hydroxylation sites is 1. The van der Waals surface area contributed by atoms with Gasteiger partial charge < -0.3 is 4.74 Å². The van der Waals surface area contributed by atoms with Gasteiger partial charge in [0.15, 0.2) is 0 Å². The molecule has 0 amide bonds. The molecule has 0 fully saturated rings. The van der Waals surface area contributed by atoms with Crippen LogP contribution in [0.15, 0.2) is 36.4 Å². The van der Waals surface area contributed by atoms with Crippen molar-refractivity contribution in [2.75, 3.05) is 0 Å². The Kier molecular flexibility index (Phi) is 2.84. The van der Waals surface area contributed by atoms with Gasteiger partial charge in [0.1, 0.15) is 6.07 Å². The van der Waals surface area contributed by atoms with Crippen molar-refractivity contribution in [2.45, 2.75) is 6.92 Å². The van der Waals surface area contributed by atoms with Crippen LogP contribution in [0.4, 0.5) is 0 Å². The van der Waals surface area contributed by atoms with Crippen LogP contribution in [0.3, 0.4) is 0 Å². The first-order chi connectivity index (χ1) is 9.67. The summed E-state index contributed by atoms with van der Waals surface area (Å²) < 4.78 is 7.36. The average molecular weight is 264 g/mol. The molecule has 3 rings (SSSR count). The van der Waals surface area contributed by atoms with Crippen LogP contribution in [0.2, 0.25) is 0 Å². The minimum Gasteiger partial charge on any atom is -0.421 e. The molecule has 0 atom stereocenters. The molecule has 0 saturated carbocycles. The van der Waals surface area contributed by atoms with E-state index in [1.54, 1.807) is 17.8 Å². The van der Waals surface area contributed by atoms with Gasteiger partial charge in [-0.15, -0.1) is 0 Å². The van der Waals surface area contributed by atoms with Crippen molar-refractivity contribution in [1.82, 2.24) is 14.8 Å². The van der Waals surface area contributed by atoms with E-state index in [1.807, 2.05) is 37.3 Å². The van der Waals surface area contributed by atoms with Gasteiger partial charge in [-0.1, -0.05) is 18.2 Å². The van der Waals surface area contributed by atoms with Gasteiger partial charge in [-0.3, -0.25) is 0 Å². The van der Waals surface area contributed by atoms with E-state index in [9.17, 15) is 5.26 Å². The Morgan fingerprint density at radius 3 is 2.75 bits per heavy atom. The van der Waals surface area contributed by atoms with E-state index in [-0.39, 0.29) is 0 Å². The van der Waals surface area contributed by atoms with Crippen molar-refractivity contribution < 1.29 is 4.74 Å². The molecule has 0 radical (unpaired) electrons.